The van der Waals surface area contributed by atoms with Gasteiger partial charge in [-0.15, -0.1) is 10.2 Å². The first kappa shape index (κ1) is 10.2. The van der Waals surface area contributed by atoms with E-state index in [2.05, 4.69) is 25.4 Å². The zero-order chi connectivity index (χ0) is 11.8. The number of hydrogen-bond acceptors (Lipinski definition) is 4. The number of halogens is 1. The van der Waals surface area contributed by atoms with Gasteiger partial charge in [-0.2, -0.15) is 5.10 Å². The minimum Gasteiger partial charge on any atom is -0.278 e. The number of nitrogens with one attached hydrogen (secondary N) is 1. The molecule has 0 aliphatic carbocycles. The van der Waals surface area contributed by atoms with Crippen LogP contribution in [0.4, 0.5) is 0 Å². The summed E-state index contributed by atoms with van der Waals surface area (Å²) >= 11 is 5.65. The first-order chi connectivity index (χ1) is 8.24. The molecule has 3 rings (SSSR count). The highest BCUT2D eigenvalue weighted by Gasteiger charge is 2.06. The Morgan fingerprint density at radius 1 is 1.24 bits per heavy atom. The quantitative estimate of drug-likeness (QED) is 0.715. The summed E-state index contributed by atoms with van der Waals surface area (Å²) in [6.45, 7) is 1.95. The van der Waals surface area contributed by atoms with Crippen LogP contribution in [0.1, 0.15) is 5.69 Å². The van der Waals surface area contributed by atoms with Gasteiger partial charge in [0, 0.05) is 10.9 Å². The molecule has 0 fully saturated rings. The van der Waals surface area contributed by atoms with E-state index in [0.29, 0.717) is 5.82 Å². The van der Waals surface area contributed by atoms with Crippen molar-refractivity contribution in [3.63, 3.8) is 0 Å². The molecule has 6 heteroatoms. The van der Waals surface area contributed by atoms with Crippen LogP contribution in [0.15, 0.2) is 24.4 Å². The predicted octanol–water partition coefficient (Wildman–Crippen LogP) is 2.38. The Kier molecular flexibility index (Phi) is 2.26. The van der Waals surface area contributed by atoms with Crippen LogP contribution in [-0.2, 0) is 0 Å². The predicted molar refractivity (Wildman–Crippen MR) is 64.7 cm³/mol. The van der Waals surface area contributed by atoms with Gasteiger partial charge in [0.05, 0.1) is 17.4 Å². The molecule has 0 spiro atoms. The third-order valence-electron chi connectivity index (χ3n) is 2.55. The lowest BCUT2D eigenvalue weighted by molar-refractivity contribution is 0.981. The first-order valence-corrected chi connectivity index (χ1v) is 5.42. The molecule has 1 aromatic carbocycles. The third kappa shape index (κ3) is 1.74. The standard InChI is InChI=1S/C11H8ClN5/c1-6-8-4-7(2-3-9(8)15-14-6)11-13-5-10(12)16-17-11/h2-5H,1H3,(H,14,15). The fourth-order valence-electron chi connectivity index (χ4n) is 1.68. The molecule has 0 saturated heterocycles. The average molecular weight is 246 g/mol. The Bertz CT molecular complexity index is 674. The van der Waals surface area contributed by atoms with Gasteiger partial charge < -0.3 is 0 Å². The molecule has 5 nitrogen and oxygen atoms in total. The van der Waals surface area contributed by atoms with Crippen molar-refractivity contribution in [3.05, 3.63) is 35.2 Å². The summed E-state index contributed by atoms with van der Waals surface area (Å²) in [4.78, 5) is 4.13. The van der Waals surface area contributed by atoms with E-state index in [1.807, 2.05) is 25.1 Å². The van der Waals surface area contributed by atoms with Crippen molar-refractivity contribution >= 4 is 22.5 Å². The van der Waals surface area contributed by atoms with E-state index >= 15 is 0 Å². The maximum absolute atomic E-state index is 5.65. The van der Waals surface area contributed by atoms with Crippen molar-refractivity contribution in [2.75, 3.05) is 0 Å². The highest BCUT2D eigenvalue weighted by Crippen LogP contribution is 2.22. The van der Waals surface area contributed by atoms with Gasteiger partial charge in [-0.05, 0) is 25.1 Å². The molecule has 0 radical (unpaired) electrons. The number of aromatic amines is 1. The van der Waals surface area contributed by atoms with Crippen LogP contribution in [0.5, 0.6) is 0 Å². The van der Waals surface area contributed by atoms with Gasteiger partial charge in [0.25, 0.3) is 0 Å². The van der Waals surface area contributed by atoms with Crippen LogP contribution >= 0.6 is 11.6 Å². The maximum atomic E-state index is 5.65. The summed E-state index contributed by atoms with van der Waals surface area (Å²) in [5, 5.41) is 16.2. The van der Waals surface area contributed by atoms with Crippen molar-refractivity contribution in [3.8, 4) is 11.4 Å². The highest BCUT2D eigenvalue weighted by atomic mass is 35.5. The summed E-state index contributed by atoms with van der Waals surface area (Å²) < 4.78 is 0. The Morgan fingerprint density at radius 2 is 2.12 bits per heavy atom. The number of rotatable bonds is 1. The van der Waals surface area contributed by atoms with E-state index in [0.717, 1.165) is 22.2 Å². The molecule has 1 N–H and O–H groups in total. The Balaban J connectivity index is 2.17. The molecule has 0 aliphatic heterocycles. The van der Waals surface area contributed by atoms with Crippen LogP contribution in [0, 0.1) is 6.92 Å². The zero-order valence-corrected chi connectivity index (χ0v) is 9.73. The minimum atomic E-state index is 0.286. The molecule has 84 valence electrons. The van der Waals surface area contributed by atoms with Crippen LogP contribution in [0.2, 0.25) is 5.15 Å². The molecule has 3 aromatic rings. The highest BCUT2D eigenvalue weighted by molar-refractivity contribution is 6.29. The fourth-order valence-corrected chi connectivity index (χ4v) is 1.76. The fraction of sp³-hybridized carbons (Fsp3) is 0.0909. The number of nitrogens with zero attached hydrogens (tertiary/aromatic N) is 4. The van der Waals surface area contributed by atoms with Crippen molar-refractivity contribution in [1.82, 2.24) is 25.4 Å². The summed E-state index contributed by atoms with van der Waals surface area (Å²) in [6, 6.07) is 5.85. The van der Waals surface area contributed by atoms with Crippen molar-refractivity contribution in [2.24, 2.45) is 0 Å². The van der Waals surface area contributed by atoms with Crippen molar-refractivity contribution in [2.45, 2.75) is 6.92 Å². The topological polar surface area (TPSA) is 67.3 Å². The lowest BCUT2D eigenvalue weighted by atomic mass is 10.1. The second-order valence-electron chi connectivity index (χ2n) is 3.67. The number of fused-ring (bicyclic) bond motifs is 1. The van der Waals surface area contributed by atoms with E-state index < -0.39 is 0 Å². The molecule has 0 bridgehead atoms. The van der Waals surface area contributed by atoms with E-state index in [-0.39, 0.29) is 5.15 Å². The van der Waals surface area contributed by atoms with Crippen molar-refractivity contribution in [1.29, 1.82) is 0 Å². The average Bonchev–Trinajstić information content (AvgIpc) is 2.72. The van der Waals surface area contributed by atoms with Gasteiger partial charge >= 0.3 is 0 Å². The number of aryl methyl sites for hydroxylation is 1. The van der Waals surface area contributed by atoms with Gasteiger partial charge in [-0.25, -0.2) is 4.98 Å². The SMILES string of the molecule is Cc1n[nH]c2ccc(-c3ncc(Cl)nn3)cc12. The second kappa shape index (κ2) is 3.78. The number of H-pyrrole nitrogens is 1. The molecule has 0 unspecified atom stereocenters. The van der Waals surface area contributed by atoms with E-state index in [1.54, 1.807) is 0 Å². The molecule has 0 atom stereocenters. The maximum Gasteiger partial charge on any atom is 0.181 e. The van der Waals surface area contributed by atoms with Crippen molar-refractivity contribution < 1.29 is 0 Å². The molecular formula is C11H8ClN5. The summed E-state index contributed by atoms with van der Waals surface area (Å²) in [5.41, 5.74) is 2.84. The zero-order valence-electron chi connectivity index (χ0n) is 8.98. The van der Waals surface area contributed by atoms with Crippen LogP contribution in [0.25, 0.3) is 22.3 Å². The molecule has 0 aliphatic rings. The van der Waals surface area contributed by atoms with E-state index in [9.17, 15) is 0 Å². The molecule has 2 aromatic heterocycles. The van der Waals surface area contributed by atoms with Gasteiger partial charge in [-0.1, -0.05) is 11.6 Å². The van der Waals surface area contributed by atoms with Gasteiger partial charge in [-0.3, -0.25) is 5.10 Å². The molecular weight excluding hydrogens is 238 g/mol. The van der Waals surface area contributed by atoms with Crippen LogP contribution in [-0.4, -0.2) is 25.4 Å². The number of benzene rings is 1. The largest absolute Gasteiger partial charge is 0.278 e. The van der Waals surface area contributed by atoms with Gasteiger partial charge in [0.1, 0.15) is 0 Å². The normalized spacial score (nSPS) is 10.9. The summed E-state index contributed by atoms with van der Waals surface area (Å²) in [7, 11) is 0. The third-order valence-corrected chi connectivity index (χ3v) is 2.72. The molecule has 0 amide bonds. The Hall–Kier alpha value is -2.01. The first-order valence-electron chi connectivity index (χ1n) is 5.04. The summed E-state index contributed by atoms with van der Waals surface area (Å²) in [6.07, 6.45) is 1.48. The monoisotopic (exact) mass is 245 g/mol. The van der Waals surface area contributed by atoms with E-state index in [4.69, 9.17) is 11.6 Å². The number of aromatic nitrogens is 5. The lowest BCUT2D eigenvalue weighted by Gasteiger charge is -1.99. The molecule has 0 saturated carbocycles. The Morgan fingerprint density at radius 3 is 2.88 bits per heavy atom. The van der Waals surface area contributed by atoms with Gasteiger partial charge in [0.2, 0.25) is 0 Å². The molecule has 2 heterocycles. The van der Waals surface area contributed by atoms with Crippen LogP contribution in [0.3, 0.4) is 0 Å². The Labute approximate surface area is 102 Å². The minimum absolute atomic E-state index is 0.286. The summed E-state index contributed by atoms with van der Waals surface area (Å²) in [5.74, 6) is 0.553. The van der Waals surface area contributed by atoms with E-state index in [1.165, 1.54) is 6.20 Å². The van der Waals surface area contributed by atoms with Crippen LogP contribution < -0.4 is 0 Å². The smallest absolute Gasteiger partial charge is 0.181 e. The van der Waals surface area contributed by atoms with Gasteiger partial charge in [0.15, 0.2) is 11.0 Å². The molecule has 17 heavy (non-hydrogen) atoms. The number of hydrogen-bond donors (Lipinski definition) is 1. The lowest BCUT2D eigenvalue weighted by Crippen LogP contribution is -1.91. The second-order valence-corrected chi connectivity index (χ2v) is 4.06.